The molecule has 0 aromatic heterocycles. The van der Waals surface area contributed by atoms with Gasteiger partial charge in [0.2, 0.25) is 0 Å². The molecular formula is C30H33NO2. The summed E-state index contributed by atoms with van der Waals surface area (Å²) in [6, 6.07) is 24.6. The molecule has 3 aromatic carbocycles. The van der Waals surface area contributed by atoms with Crippen molar-refractivity contribution in [2.75, 3.05) is 6.54 Å². The van der Waals surface area contributed by atoms with Gasteiger partial charge in [-0.3, -0.25) is 9.79 Å². The molecule has 0 saturated carbocycles. The van der Waals surface area contributed by atoms with Crippen LogP contribution in [0.4, 0.5) is 0 Å². The van der Waals surface area contributed by atoms with Crippen LogP contribution in [0.25, 0.3) is 10.8 Å². The zero-order chi connectivity index (χ0) is 23.0. The molecule has 0 amide bonds. The molecule has 0 heterocycles. The van der Waals surface area contributed by atoms with Gasteiger partial charge in [-0.15, -0.1) is 0 Å². The molecule has 3 aromatic rings. The van der Waals surface area contributed by atoms with Crippen LogP contribution in [0.1, 0.15) is 62.5 Å². The highest BCUT2D eigenvalue weighted by Crippen LogP contribution is 2.34. The Bertz CT molecular complexity index is 1150. The standard InChI is InChI=1S/C30H33NO2/c1-2-3-4-10-18-31-27(19-24-16-11-15-23-14-8-9-17-26(23)24)30-28(32)20-25(21-29(30)33)22-12-6-5-7-13-22/h5-9,11-17,25,32H,2-4,10,18-21H2,1H3. The fourth-order valence-electron chi connectivity index (χ4n) is 4.79. The van der Waals surface area contributed by atoms with Crippen LogP contribution in [0.15, 0.2) is 89.1 Å². The Kier molecular flexibility index (Phi) is 7.72. The number of carbonyl (C=O) groups excluding carboxylic acids is 1. The van der Waals surface area contributed by atoms with Gasteiger partial charge in [-0.25, -0.2) is 0 Å². The van der Waals surface area contributed by atoms with Crippen LogP contribution in [0, 0.1) is 0 Å². The first-order valence-electron chi connectivity index (χ1n) is 12.2. The van der Waals surface area contributed by atoms with Gasteiger partial charge in [0, 0.05) is 25.8 Å². The molecule has 1 N–H and O–H groups in total. The van der Waals surface area contributed by atoms with Gasteiger partial charge in [-0.05, 0) is 34.2 Å². The molecule has 0 aliphatic heterocycles. The van der Waals surface area contributed by atoms with E-state index in [9.17, 15) is 9.90 Å². The molecule has 0 spiro atoms. The number of aliphatic hydroxyl groups excluding tert-OH is 1. The maximum atomic E-state index is 13.3. The van der Waals surface area contributed by atoms with Gasteiger partial charge in [-0.2, -0.15) is 0 Å². The lowest BCUT2D eigenvalue weighted by molar-refractivity contribution is -0.116. The second kappa shape index (κ2) is 11.1. The summed E-state index contributed by atoms with van der Waals surface area (Å²) in [5.74, 6) is 0.207. The summed E-state index contributed by atoms with van der Waals surface area (Å²) in [5.41, 5.74) is 3.42. The number of Topliss-reactive ketones (excluding diaryl/α,β-unsaturated/α-hetero) is 1. The van der Waals surface area contributed by atoms with E-state index >= 15 is 0 Å². The summed E-state index contributed by atoms with van der Waals surface area (Å²) in [6.45, 7) is 2.88. The van der Waals surface area contributed by atoms with Crippen LogP contribution in [0.3, 0.4) is 0 Å². The Morgan fingerprint density at radius 3 is 2.45 bits per heavy atom. The smallest absolute Gasteiger partial charge is 0.168 e. The van der Waals surface area contributed by atoms with E-state index in [0.29, 0.717) is 31.4 Å². The lowest BCUT2D eigenvalue weighted by Crippen LogP contribution is -2.25. The Hall–Kier alpha value is -3.20. The predicted molar refractivity (Wildman–Crippen MR) is 137 cm³/mol. The molecule has 33 heavy (non-hydrogen) atoms. The van der Waals surface area contributed by atoms with E-state index in [1.165, 1.54) is 23.6 Å². The normalized spacial score (nSPS) is 17.1. The molecule has 1 aliphatic carbocycles. The highest BCUT2D eigenvalue weighted by atomic mass is 16.3. The van der Waals surface area contributed by atoms with E-state index in [0.717, 1.165) is 29.7 Å². The molecular weight excluding hydrogens is 406 g/mol. The number of carbonyl (C=O) groups is 1. The first kappa shape index (κ1) is 23.0. The lowest BCUT2D eigenvalue weighted by atomic mass is 9.80. The quantitative estimate of drug-likeness (QED) is 0.280. The maximum absolute atomic E-state index is 13.3. The molecule has 3 nitrogen and oxygen atoms in total. The van der Waals surface area contributed by atoms with Gasteiger partial charge in [0.1, 0.15) is 5.76 Å². The number of hydrogen-bond donors (Lipinski definition) is 1. The number of benzene rings is 3. The van der Waals surface area contributed by atoms with Crippen LogP contribution in [0.5, 0.6) is 0 Å². The van der Waals surface area contributed by atoms with E-state index < -0.39 is 0 Å². The van der Waals surface area contributed by atoms with E-state index in [-0.39, 0.29) is 17.5 Å². The van der Waals surface area contributed by atoms with Gasteiger partial charge in [0.25, 0.3) is 0 Å². The van der Waals surface area contributed by atoms with Crippen LogP contribution in [-0.2, 0) is 11.2 Å². The lowest BCUT2D eigenvalue weighted by Gasteiger charge is -2.25. The van der Waals surface area contributed by atoms with E-state index in [1.54, 1.807) is 0 Å². The summed E-state index contributed by atoms with van der Waals surface area (Å²) < 4.78 is 0. The van der Waals surface area contributed by atoms with Crippen LogP contribution >= 0.6 is 0 Å². The Morgan fingerprint density at radius 1 is 0.909 bits per heavy atom. The first-order valence-corrected chi connectivity index (χ1v) is 12.2. The minimum Gasteiger partial charge on any atom is -0.511 e. The Morgan fingerprint density at radius 2 is 1.67 bits per heavy atom. The largest absolute Gasteiger partial charge is 0.511 e. The first-order chi connectivity index (χ1) is 16.2. The molecule has 0 saturated heterocycles. The molecule has 170 valence electrons. The van der Waals surface area contributed by atoms with Crippen molar-refractivity contribution in [3.8, 4) is 0 Å². The van der Waals surface area contributed by atoms with Crippen LogP contribution < -0.4 is 0 Å². The molecule has 4 rings (SSSR count). The van der Waals surface area contributed by atoms with Crippen molar-refractivity contribution in [2.45, 2.75) is 57.8 Å². The molecule has 1 aliphatic rings. The predicted octanol–water partition coefficient (Wildman–Crippen LogP) is 7.36. The summed E-state index contributed by atoms with van der Waals surface area (Å²) in [6.07, 6.45) is 5.95. The van der Waals surface area contributed by atoms with Crippen LogP contribution in [0.2, 0.25) is 0 Å². The second-order valence-corrected chi connectivity index (χ2v) is 8.96. The molecule has 0 bridgehead atoms. The number of rotatable bonds is 9. The number of ketones is 1. The number of aliphatic imine (C=N–C) groups is 1. The fourth-order valence-corrected chi connectivity index (χ4v) is 4.79. The number of fused-ring (bicyclic) bond motifs is 1. The number of unbranched alkanes of at least 4 members (excludes halogenated alkanes) is 3. The SMILES string of the molecule is CCCCCCN=C(Cc1cccc2ccccc12)C1=C(O)CC(c2ccccc2)CC1=O. The molecule has 0 radical (unpaired) electrons. The van der Waals surface area contributed by atoms with Crippen molar-refractivity contribution in [2.24, 2.45) is 4.99 Å². The molecule has 1 atom stereocenters. The molecule has 0 fully saturated rings. The average molecular weight is 440 g/mol. The Labute approximate surface area is 196 Å². The number of aliphatic hydroxyl groups is 1. The summed E-state index contributed by atoms with van der Waals surface area (Å²) >= 11 is 0. The number of nitrogens with zero attached hydrogens (tertiary/aromatic N) is 1. The van der Waals surface area contributed by atoms with Crippen molar-refractivity contribution < 1.29 is 9.90 Å². The van der Waals surface area contributed by atoms with E-state index in [2.05, 4.69) is 37.3 Å². The fraction of sp³-hybridized carbons (Fsp3) is 0.333. The maximum Gasteiger partial charge on any atom is 0.168 e. The third-order valence-corrected chi connectivity index (χ3v) is 6.55. The van der Waals surface area contributed by atoms with Crippen molar-refractivity contribution >= 4 is 22.3 Å². The molecule has 1 unspecified atom stereocenters. The van der Waals surface area contributed by atoms with Gasteiger partial charge in [0.15, 0.2) is 5.78 Å². The van der Waals surface area contributed by atoms with Gasteiger partial charge in [0.05, 0.1) is 11.3 Å². The van der Waals surface area contributed by atoms with Gasteiger partial charge < -0.3 is 5.11 Å². The highest BCUT2D eigenvalue weighted by molar-refractivity contribution is 6.24. The third kappa shape index (κ3) is 5.60. The van der Waals surface area contributed by atoms with Crippen molar-refractivity contribution in [1.82, 2.24) is 0 Å². The Balaban J connectivity index is 1.65. The summed E-state index contributed by atoms with van der Waals surface area (Å²) in [4.78, 5) is 18.2. The summed E-state index contributed by atoms with van der Waals surface area (Å²) in [5, 5.41) is 13.4. The molecule has 3 heteroatoms. The number of allylic oxidation sites excluding steroid dienone is 2. The van der Waals surface area contributed by atoms with Crippen molar-refractivity contribution in [3.63, 3.8) is 0 Å². The van der Waals surface area contributed by atoms with Gasteiger partial charge >= 0.3 is 0 Å². The average Bonchev–Trinajstić information content (AvgIpc) is 2.84. The monoisotopic (exact) mass is 439 g/mol. The minimum atomic E-state index is 0.000137. The third-order valence-electron chi connectivity index (χ3n) is 6.55. The summed E-state index contributed by atoms with van der Waals surface area (Å²) in [7, 11) is 0. The second-order valence-electron chi connectivity index (χ2n) is 8.96. The van der Waals surface area contributed by atoms with Crippen LogP contribution in [-0.4, -0.2) is 23.1 Å². The minimum absolute atomic E-state index is 0.000137. The number of hydrogen-bond acceptors (Lipinski definition) is 3. The zero-order valence-electron chi connectivity index (χ0n) is 19.5. The van der Waals surface area contributed by atoms with Crippen molar-refractivity contribution in [3.05, 3.63) is 95.3 Å². The zero-order valence-corrected chi connectivity index (χ0v) is 19.5. The topological polar surface area (TPSA) is 49.7 Å². The van der Waals surface area contributed by atoms with E-state index in [4.69, 9.17) is 4.99 Å². The highest BCUT2D eigenvalue weighted by Gasteiger charge is 2.31. The van der Waals surface area contributed by atoms with Crippen molar-refractivity contribution in [1.29, 1.82) is 0 Å². The van der Waals surface area contributed by atoms with E-state index in [1.807, 2.05) is 42.5 Å². The van der Waals surface area contributed by atoms with Gasteiger partial charge in [-0.1, -0.05) is 99.0 Å².